The van der Waals surface area contributed by atoms with Crippen molar-refractivity contribution in [1.29, 1.82) is 0 Å². The van der Waals surface area contributed by atoms with Crippen LogP contribution in [0.1, 0.15) is 25.8 Å². The fourth-order valence-electron chi connectivity index (χ4n) is 2.46. The minimum atomic E-state index is 0.0787. The second kappa shape index (κ2) is 6.45. The predicted octanol–water partition coefficient (Wildman–Crippen LogP) is 2.01. The van der Waals surface area contributed by atoms with Crippen LogP contribution in [0.5, 0.6) is 0 Å². The van der Waals surface area contributed by atoms with Crippen LogP contribution in [0.25, 0.3) is 0 Å². The smallest absolute Gasteiger partial charge is 0.239 e. The maximum atomic E-state index is 11.7. The monoisotopic (exact) mass is 261 g/mol. The summed E-state index contributed by atoms with van der Waals surface area (Å²) in [5.74, 6) is 0.0787. The fraction of sp³-hybridized carbons (Fsp3) is 0.533. The van der Waals surface area contributed by atoms with Gasteiger partial charge >= 0.3 is 0 Å². The van der Waals surface area contributed by atoms with Crippen LogP contribution in [0, 0.1) is 0 Å². The summed E-state index contributed by atoms with van der Waals surface area (Å²) in [5.41, 5.74) is 3.71. The highest BCUT2D eigenvalue weighted by atomic mass is 16.2. The molecule has 2 rings (SSSR count). The Kier molecular flexibility index (Phi) is 4.66. The molecule has 1 aliphatic heterocycles. The molecular weight excluding hydrogens is 238 g/mol. The van der Waals surface area contributed by atoms with E-state index in [-0.39, 0.29) is 5.91 Å². The Balaban J connectivity index is 2.12. The van der Waals surface area contributed by atoms with Crippen LogP contribution in [0.2, 0.25) is 0 Å². The number of hydrogen-bond acceptors (Lipinski definition) is 3. The highest BCUT2D eigenvalue weighted by molar-refractivity contribution is 5.81. The van der Waals surface area contributed by atoms with Crippen molar-refractivity contribution in [1.82, 2.24) is 5.32 Å². The van der Waals surface area contributed by atoms with Gasteiger partial charge in [0.2, 0.25) is 5.91 Å². The standard InChI is InChI=1S/C15H23N3O/c1-3-16-15(19)11-18(4-2)13-8-7-12-6-5-9-17-14(12)10-13/h7-8,10,17H,3-6,9,11H2,1-2H3,(H,16,19). The second-order valence-electron chi connectivity index (χ2n) is 4.84. The third kappa shape index (κ3) is 3.40. The molecule has 0 unspecified atom stereocenters. The number of nitrogens with zero attached hydrogens (tertiary/aromatic N) is 1. The average Bonchev–Trinajstić information content (AvgIpc) is 2.44. The van der Waals surface area contributed by atoms with E-state index in [1.54, 1.807) is 0 Å². The highest BCUT2D eigenvalue weighted by Gasteiger charge is 2.13. The molecule has 1 aromatic rings. The first-order valence-electron chi connectivity index (χ1n) is 7.13. The van der Waals surface area contributed by atoms with Crippen molar-refractivity contribution in [3.05, 3.63) is 23.8 Å². The maximum Gasteiger partial charge on any atom is 0.239 e. The molecule has 4 heteroatoms. The first-order valence-corrected chi connectivity index (χ1v) is 7.13. The predicted molar refractivity (Wildman–Crippen MR) is 79.8 cm³/mol. The minimum Gasteiger partial charge on any atom is -0.385 e. The molecule has 0 aliphatic carbocycles. The fourth-order valence-corrected chi connectivity index (χ4v) is 2.46. The highest BCUT2D eigenvalue weighted by Crippen LogP contribution is 2.27. The Morgan fingerprint density at radius 1 is 1.42 bits per heavy atom. The Morgan fingerprint density at radius 3 is 3.00 bits per heavy atom. The molecule has 0 aromatic heterocycles. The molecular formula is C15H23N3O. The molecule has 4 nitrogen and oxygen atoms in total. The maximum absolute atomic E-state index is 11.7. The molecule has 0 bridgehead atoms. The molecule has 0 spiro atoms. The van der Waals surface area contributed by atoms with Crippen LogP contribution in [0.4, 0.5) is 11.4 Å². The van der Waals surface area contributed by atoms with E-state index in [9.17, 15) is 4.79 Å². The van der Waals surface area contributed by atoms with Gasteiger partial charge in [-0.1, -0.05) is 6.07 Å². The first kappa shape index (κ1) is 13.7. The van der Waals surface area contributed by atoms with Gasteiger partial charge in [-0.05, 0) is 44.4 Å². The van der Waals surface area contributed by atoms with Gasteiger partial charge < -0.3 is 15.5 Å². The Morgan fingerprint density at radius 2 is 2.26 bits per heavy atom. The van der Waals surface area contributed by atoms with Gasteiger partial charge in [0.15, 0.2) is 0 Å². The van der Waals surface area contributed by atoms with Crippen molar-refractivity contribution >= 4 is 17.3 Å². The summed E-state index contributed by atoms with van der Waals surface area (Å²) >= 11 is 0. The summed E-state index contributed by atoms with van der Waals surface area (Å²) in [6.07, 6.45) is 2.34. The number of aryl methyl sites for hydroxylation is 1. The quantitative estimate of drug-likeness (QED) is 0.852. The van der Waals surface area contributed by atoms with Crippen LogP contribution >= 0.6 is 0 Å². The second-order valence-corrected chi connectivity index (χ2v) is 4.84. The lowest BCUT2D eigenvalue weighted by Gasteiger charge is -2.25. The zero-order valence-electron chi connectivity index (χ0n) is 11.8. The lowest BCUT2D eigenvalue weighted by Crippen LogP contribution is -2.37. The van der Waals surface area contributed by atoms with Crippen molar-refractivity contribution in [3.8, 4) is 0 Å². The number of carbonyl (C=O) groups excluding carboxylic acids is 1. The lowest BCUT2D eigenvalue weighted by atomic mass is 10.0. The molecule has 2 N–H and O–H groups in total. The number of amides is 1. The number of rotatable bonds is 5. The largest absolute Gasteiger partial charge is 0.385 e. The number of benzene rings is 1. The number of anilines is 2. The molecule has 0 atom stereocenters. The Hall–Kier alpha value is -1.71. The Labute approximate surface area is 115 Å². The third-order valence-electron chi connectivity index (χ3n) is 3.49. The number of hydrogen-bond donors (Lipinski definition) is 2. The van der Waals surface area contributed by atoms with Crippen LogP contribution in [-0.4, -0.2) is 32.1 Å². The Bertz CT molecular complexity index is 445. The van der Waals surface area contributed by atoms with E-state index < -0.39 is 0 Å². The zero-order valence-corrected chi connectivity index (χ0v) is 11.8. The first-order chi connectivity index (χ1) is 9.24. The topological polar surface area (TPSA) is 44.4 Å². The summed E-state index contributed by atoms with van der Waals surface area (Å²) in [6.45, 7) is 6.99. The molecule has 0 radical (unpaired) electrons. The number of nitrogens with one attached hydrogen (secondary N) is 2. The lowest BCUT2D eigenvalue weighted by molar-refractivity contribution is -0.119. The van der Waals surface area contributed by atoms with Gasteiger partial charge in [0.25, 0.3) is 0 Å². The summed E-state index contributed by atoms with van der Waals surface area (Å²) in [5, 5.41) is 6.28. The summed E-state index contributed by atoms with van der Waals surface area (Å²) < 4.78 is 0. The third-order valence-corrected chi connectivity index (χ3v) is 3.49. The van der Waals surface area contributed by atoms with E-state index >= 15 is 0 Å². The molecule has 1 aliphatic rings. The summed E-state index contributed by atoms with van der Waals surface area (Å²) in [7, 11) is 0. The van der Waals surface area contributed by atoms with E-state index in [1.807, 2.05) is 6.92 Å². The molecule has 19 heavy (non-hydrogen) atoms. The van der Waals surface area contributed by atoms with Crippen LogP contribution < -0.4 is 15.5 Å². The van der Waals surface area contributed by atoms with Crippen molar-refractivity contribution in [2.24, 2.45) is 0 Å². The van der Waals surface area contributed by atoms with E-state index in [2.05, 4.69) is 40.7 Å². The van der Waals surface area contributed by atoms with E-state index in [0.29, 0.717) is 13.1 Å². The van der Waals surface area contributed by atoms with E-state index in [0.717, 1.165) is 25.2 Å². The average molecular weight is 261 g/mol. The van der Waals surface area contributed by atoms with Gasteiger partial charge in [-0.15, -0.1) is 0 Å². The molecule has 0 saturated heterocycles. The van der Waals surface area contributed by atoms with Gasteiger partial charge in [0.05, 0.1) is 6.54 Å². The molecule has 104 valence electrons. The SMILES string of the molecule is CCNC(=O)CN(CC)c1ccc2c(c1)NCCC2. The summed E-state index contributed by atoms with van der Waals surface area (Å²) in [4.78, 5) is 13.8. The zero-order chi connectivity index (χ0) is 13.7. The van der Waals surface area contributed by atoms with Gasteiger partial charge in [0, 0.05) is 31.0 Å². The van der Waals surface area contributed by atoms with Crippen molar-refractivity contribution in [2.75, 3.05) is 36.4 Å². The number of carbonyl (C=O) groups is 1. The van der Waals surface area contributed by atoms with E-state index in [4.69, 9.17) is 0 Å². The molecule has 1 heterocycles. The van der Waals surface area contributed by atoms with Crippen molar-refractivity contribution < 1.29 is 4.79 Å². The van der Waals surface area contributed by atoms with E-state index in [1.165, 1.54) is 17.7 Å². The van der Waals surface area contributed by atoms with Gasteiger partial charge in [-0.25, -0.2) is 0 Å². The normalized spacial score (nSPS) is 13.4. The van der Waals surface area contributed by atoms with Gasteiger partial charge in [-0.2, -0.15) is 0 Å². The minimum absolute atomic E-state index is 0.0787. The molecule has 1 amide bonds. The van der Waals surface area contributed by atoms with Gasteiger partial charge in [-0.3, -0.25) is 4.79 Å². The van der Waals surface area contributed by atoms with Crippen molar-refractivity contribution in [3.63, 3.8) is 0 Å². The van der Waals surface area contributed by atoms with Gasteiger partial charge in [0.1, 0.15) is 0 Å². The van der Waals surface area contributed by atoms with Crippen LogP contribution in [-0.2, 0) is 11.2 Å². The molecule has 1 aromatic carbocycles. The van der Waals surface area contributed by atoms with Crippen LogP contribution in [0.15, 0.2) is 18.2 Å². The number of fused-ring (bicyclic) bond motifs is 1. The number of likely N-dealkylation sites (N-methyl/N-ethyl adjacent to an activating group) is 2. The van der Waals surface area contributed by atoms with Crippen molar-refractivity contribution in [2.45, 2.75) is 26.7 Å². The summed E-state index contributed by atoms with van der Waals surface area (Å²) in [6, 6.07) is 6.46. The van der Waals surface area contributed by atoms with Crippen LogP contribution in [0.3, 0.4) is 0 Å². The molecule has 0 saturated carbocycles. The molecule has 0 fully saturated rings.